The topological polar surface area (TPSA) is 56.7 Å². The third-order valence-electron chi connectivity index (χ3n) is 6.10. The number of hydrogen-bond acceptors (Lipinski definition) is 5. The number of halogens is 3. The standard InChI is InChI=1S/C21H21F3N6S/c22-21(23,24)15-6-8-25-17(9-15)29-10-20(11-29)12-30(13-20)19(31)28-27-16-5-1-3-14-4-2-7-26-18(14)16/h2,4,6-9H,1,3,5,10-13H2,(H,28,31)/b27-16+. The first-order valence-electron chi connectivity index (χ1n) is 10.2. The molecule has 2 aromatic heterocycles. The Morgan fingerprint density at radius 2 is 1.90 bits per heavy atom. The average molecular weight is 447 g/mol. The molecule has 31 heavy (non-hydrogen) atoms. The van der Waals surface area contributed by atoms with Crippen LogP contribution in [0.25, 0.3) is 0 Å². The molecule has 0 aromatic carbocycles. The van der Waals surface area contributed by atoms with E-state index in [1.165, 1.54) is 11.8 Å². The van der Waals surface area contributed by atoms with Crippen LogP contribution in [0.1, 0.15) is 29.7 Å². The maximum atomic E-state index is 12.9. The van der Waals surface area contributed by atoms with Gasteiger partial charge in [0.1, 0.15) is 5.82 Å². The van der Waals surface area contributed by atoms with Gasteiger partial charge < -0.3 is 9.80 Å². The number of pyridine rings is 2. The first kappa shape index (κ1) is 20.2. The summed E-state index contributed by atoms with van der Waals surface area (Å²) >= 11 is 5.49. The van der Waals surface area contributed by atoms with E-state index in [9.17, 15) is 13.2 Å². The monoisotopic (exact) mass is 446 g/mol. The summed E-state index contributed by atoms with van der Waals surface area (Å²) in [7, 11) is 0. The fraction of sp³-hybridized carbons (Fsp3) is 0.429. The second-order valence-electron chi connectivity index (χ2n) is 8.45. The molecule has 2 fully saturated rings. The van der Waals surface area contributed by atoms with Crippen molar-refractivity contribution in [2.75, 3.05) is 31.1 Å². The van der Waals surface area contributed by atoms with Crippen LogP contribution >= 0.6 is 12.2 Å². The molecule has 0 radical (unpaired) electrons. The van der Waals surface area contributed by atoms with E-state index in [1.54, 1.807) is 6.20 Å². The number of likely N-dealkylation sites (tertiary alicyclic amines) is 1. The number of hydrogen-bond donors (Lipinski definition) is 1. The Kier molecular flexibility index (Phi) is 4.84. The molecule has 1 N–H and O–H groups in total. The van der Waals surface area contributed by atoms with E-state index in [2.05, 4.69) is 26.6 Å². The summed E-state index contributed by atoms with van der Waals surface area (Å²) in [5.74, 6) is 0.370. The molecule has 2 aliphatic heterocycles. The van der Waals surface area contributed by atoms with Crippen LogP contribution in [-0.2, 0) is 12.6 Å². The van der Waals surface area contributed by atoms with Crippen molar-refractivity contribution < 1.29 is 13.2 Å². The van der Waals surface area contributed by atoms with Gasteiger partial charge in [-0.2, -0.15) is 18.3 Å². The number of aryl methyl sites for hydroxylation is 1. The van der Waals surface area contributed by atoms with E-state index in [4.69, 9.17) is 12.2 Å². The molecule has 0 saturated carbocycles. The molecule has 1 aliphatic carbocycles. The highest BCUT2D eigenvalue weighted by atomic mass is 32.1. The van der Waals surface area contributed by atoms with E-state index in [1.807, 2.05) is 15.9 Å². The maximum absolute atomic E-state index is 12.9. The number of rotatable bonds is 2. The largest absolute Gasteiger partial charge is 0.416 e. The van der Waals surface area contributed by atoms with Gasteiger partial charge in [-0.1, -0.05) is 6.07 Å². The molecule has 2 saturated heterocycles. The Morgan fingerprint density at radius 1 is 1.10 bits per heavy atom. The predicted octanol–water partition coefficient (Wildman–Crippen LogP) is 3.23. The number of hydrazone groups is 1. The van der Waals surface area contributed by atoms with Gasteiger partial charge in [0.05, 0.1) is 17.0 Å². The molecule has 1 spiro atoms. The third kappa shape index (κ3) is 3.84. The van der Waals surface area contributed by atoms with Crippen molar-refractivity contribution >= 4 is 28.9 Å². The van der Waals surface area contributed by atoms with Crippen molar-refractivity contribution in [1.82, 2.24) is 20.3 Å². The number of aromatic nitrogens is 2. The SMILES string of the molecule is FC(F)(F)c1ccnc(N2CC3(CN(C(=S)N/N=C4\CCCc5cccnc54)C3)C2)c1. The van der Waals surface area contributed by atoms with Crippen molar-refractivity contribution in [1.29, 1.82) is 0 Å². The zero-order valence-electron chi connectivity index (χ0n) is 16.7. The molecule has 0 atom stereocenters. The minimum atomic E-state index is -4.36. The van der Waals surface area contributed by atoms with Crippen LogP contribution in [0.2, 0.25) is 0 Å². The highest BCUT2D eigenvalue weighted by Gasteiger charge is 2.53. The van der Waals surface area contributed by atoms with Gasteiger partial charge in [0.2, 0.25) is 0 Å². The second-order valence-corrected chi connectivity index (χ2v) is 8.84. The summed E-state index contributed by atoms with van der Waals surface area (Å²) in [4.78, 5) is 12.5. The Morgan fingerprint density at radius 3 is 2.68 bits per heavy atom. The molecule has 10 heteroatoms. The molecule has 0 amide bonds. The van der Waals surface area contributed by atoms with Crippen LogP contribution < -0.4 is 10.3 Å². The summed E-state index contributed by atoms with van der Waals surface area (Å²) in [6.45, 7) is 2.86. The van der Waals surface area contributed by atoms with E-state index >= 15 is 0 Å². The Bertz CT molecular complexity index is 1040. The predicted molar refractivity (Wildman–Crippen MR) is 115 cm³/mol. The maximum Gasteiger partial charge on any atom is 0.416 e. The summed E-state index contributed by atoms with van der Waals surface area (Å²) in [6.07, 6.45) is 1.55. The van der Waals surface area contributed by atoms with Gasteiger partial charge >= 0.3 is 6.18 Å². The lowest BCUT2D eigenvalue weighted by Crippen LogP contribution is -2.73. The molecular weight excluding hydrogens is 425 g/mol. The van der Waals surface area contributed by atoms with Crippen LogP contribution in [0.5, 0.6) is 0 Å². The van der Waals surface area contributed by atoms with E-state index < -0.39 is 11.7 Å². The molecule has 0 bridgehead atoms. The lowest BCUT2D eigenvalue weighted by atomic mass is 9.73. The fourth-order valence-corrected chi connectivity index (χ4v) is 4.73. The smallest absolute Gasteiger partial charge is 0.355 e. The average Bonchev–Trinajstić information content (AvgIpc) is 2.70. The first-order chi connectivity index (χ1) is 14.8. The number of anilines is 1. The minimum absolute atomic E-state index is 0.0494. The lowest BCUT2D eigenvalue weighted by molar-refractivity contribution is -0.137. The van der Waals surface area contributed by atoms with E-state index in [-0.39, 0.29) is 5.41 Å². The van der Waals surface area contributed by atoms with Crippen molar-refractivity contribution in [3.63, 3.8) is 0 Å². The van der Waals surface area contributed by atoms with E-state index in [0.717, 1.165) is 55.9 Å². The van der Waals surface area contributed by atoms with Gasteiger partial charge in [0.25, 0.3) is 0 Å². The molecule has 2 aromatic rings. The number of thiocarbonyl (C=S) groups is 1. The van der Waals surface area contributed by atoms with Gasteiger partial charge in [0.15, 0.2) is 5.11 Å². The number of alkyl halides is 3. The summed E-state index contributed by atoms with van der Waals surface area (Å²) in [5.41, 5.74) is 5.45. The van der Waals surface area contributed by atoms with Crippen molar-refractivity contribution in [2.45, 2.75) is 25.4 Å². The Balaban J connectivity index is 1.15. The van der Waals surface area contributed by atoms with Gasteiger partial charge in [-0.3, -0.25) is 10.4 Å². The molecular formula is C21H21F3N6S. The number of fused-ring (bicyclic) bond motifs is 1. The number of nitrogens with one attached hydrogen (secondary N) is 1. The molecule has 3 aliphatic rings. The Labute approximate surface area is 183 Å². The molecule has 4 heterocycles. The molecule has 162 valence electrons. The van der Waals surface area contributed by atoms with E-state index in [0.29, 0.717) is 24.0 Å². The van der Waals surface area contributed by atoms with Crippen LogP contribution in [-0.4, -0.2) is 51.9 Å². The van der Waals surface area contributed by atoms with Gasteiger partial charge in [-0.05, 0) is 55.2 Å². The van der Waals surface area contributed by atoms with Crippen LogP contribution in [0.4, 0.5) is 19.0 Å². The summed E-state index contributed by atoms with van der Waals surface area (Å²) in [5, 5.41) is 5.08. The van der Waals surface area contributed by atoms with Crippen molar-refractivity contribution in [2.24, 2.45) is 10.5 Å². The van der Waals surface area contributed by atoms with Crippen molar-refractivity contribution in [3.05, 3.63) is 53.5 Å². The minimum Gasteiger partial charge on any atom is -0.355 e. The van der Waals surface area contributed by atoms with Crippen LogP contribution in [0.3, 0.4) is 0 Å². The van der Waals surface area contributed by atoms with Gasteiger partial charge in [-0.15, -0.1) is 0 Å². The third-order valence-corrected chi connectivity index (χ3v) is 6.45. The van der Waals surface area contributed by atoms with Crippen LogP contribution in [0, 0.1) is 5.41 Å². The quantitative estimate of drug-likeness (QED) is 0.565. The number of nitrogens with zero attached hydrogens (tertiary/aromatic N) is 5. The second kappa shape index (κ2) is 7.44. The van der Waals surface area contributed by atoms with Crippen LogP contribution in [0.15, 0.2) is 41.8 Å². The highest BCUT2D eigenvalue weighted by Crippen LogP contribution is 2.42. The summed E-state index contributed by atoms with van der Waals surface area (Å²) in [6, 6.07) is 6.13. The molecule has 0 unspecified atom stereocenters. The normalized spacial score (nSPS) is 20.8. The molecule has 6 nitrogen and oxygen atoms in total. The fourth-order valence-electron chi connectivity index (χ4n) is 4.56. The first-order valence-corrected chi connectivity index (χ1v) is 10.6. The summed E-state index contributed by atoms with van der Waals surface area (Å²) < 4.78 is 38.8. The molecule has 5 rings (SSSR count). The Hall–Kier alpha value is -2.75. The zero-order chi connectivity index (χ0) is 21.6. The highest BCUT2D eigenvalue weighted by molar-refractivity contribution is 7.80. The lowest BCUT2D eigenvalue weighted by Gasteiger charge is -2.60. The van der Waals surface area contributed by atoms with Gasteiger partial charge in [0, 0.05) is 44.0 Å². The van der Waals surface area contributed by atoms with Crippen molar-refractivity contribution in [3.8, 4) is 0 Å². The zero-order valence-corrected chi connectivity index (χ0v) is 17.5. The van der Waals surface area contributed by atoms with Gasteiger partial charge in [-0.25, -0.2) is 4.98 Å².